The van der Waals surface area contributed by atoms with Crippen molar-refractivity contribution in [3.63, 3.8) is 0 Å². The third kappa shape index (κ3) is 5.15. The van der Waals surface area contributed by atoms with Crippen molar-refractivity contribution in [1.82, 2.24) is 9.80 Å². The molecule has 0 saturated carbocycles. The van der Waals surface area contributed by atoms with E-state index in [1.807, 2.05) is 4.90 Å². The predicted octanol–water partition coefficient (Wildman–Crippen LogP) is 4.39. The molecule has 0 aromatic heterocycles. The highest BCUT2D eigenvalue weighted by Crippen LogP contribution is 2.27. The van der Waals surface area contributed by atoms with Gasteiger partial charge in [0.25, 0.3) is 0 Å². The lowest BCUT2D eigenvalue weighted by molar-refractivity contribution is 0.148. The zero-order chi connectivity index (χ0) is 18.4. The van der Waals surface area contributed by atoms with Crippen LogP contribution in [0.2, 0.25) is 5.02 Å². The molecule has 1 N–H and O–H groups in total. The fourth-order valence-corrected chi connectivity index (χ4v) is 3.81. The molecule has 1 fully saturated rings. The van der Waals surface area contributed by atoms with Gasteiger partial charge in [-0.1, -0.05) is 23.3 Å². The van der Waals surface area contributed by atoms with Crippen molar-refractivity contribution in [3.05, 3.63) is 34.9 Å². The van der Waals surface area contributed by atoms with Crippen LogP contribution in [-0.4, -0.2) is 55.7 Å². The molecule has 2 aliphatic rings. The zero-order valence-electron chi connectivity index (χ0n) is 15.5. The van der Waals surface area contributed by atoms with Crippen LogP contribution < -0.4 is 10.1 Å². The molecule has 142 valence electrons. The number of nitrogens with zero attached hydrogens (tertiary/aromatic N) is 2. The first-order valence-corrected chi connectivity index (χ1v) is 9.83. The number of nitrogens with one attached hydrogen (secondary N) is 1. The Morgan fingerprint density at radius 2 is 2.04 bits per heavy atom. The summed E-state index contributed by atoms with van der Waals surface area (Å²) in [6, 6.07) is 5.21. The Balaban J connectivity index is 1.43. The van der Waals surface area contributed by atoms with Crippen molar-refractivity contribution >= 4 is 23.3 Å². The SMILES string of the molecule is COc1ccc(NC(=O)N2CCN(CCC3=CCCCC3)CC2)cc1Cl. The number of benzene rings is 1. The summed E-state index contributed by atoms with van der Waals surface area (Å²) in [5.74, 6) is 0.603. The standard InChI is InChI=1S/C20H28ClN3O2/c1-26-19-8-7-17(15-18(19)21)22-20(25)24-13-11-23(12-14-24)10-9-16-5-3-2-4-6-16/h5,7-8,15H,2-4,6,9-14H2,1H3,(H,22,25). The molecule has 1 saturated heterocycles. The van der Waals surface area contributed by atoms with E-state index in [0.717, 1.165) is 32.7 Å². The molecule has 0 spiro atoms. The molecule has 3 rings (SSSR count). The molecule has 6 heteroatoms. The van der Waals surface area contributed by atoms with Crippen molar-refractivity contribution in [2.45, 2.75) is 32.1 Å². The van der Waals surface area contributed by atoms with Crippen LogP contribution in [0.1, 0.15) is 32.1 Å². The number of allylic oxidation sites excluding steroid dienone is 1. The number of anilines is 1. The van der Waals surface area contributed by atoms with Gasteiger partial charge in [-0.25, -0.2) is 4.79 Å². The highest BCUT2D eigenvalue weighted by Gasteiger charge is 2.21. The van der Waals surface area contributed by atoms with Gasteiger partial charge in [-0.05, 0) is 50.3 Å². The Kier molecular flexibility index (Phi) is 6.80. The third-order valence-electron chi connectivity index (χ3n) is 5.20. The molecule has 2 amide bonds. The molecule has 0 bridgehead atoms. The molecule has 1 aliphatic carbocycles. The van der Waals surface area contributed by atoms with E-state index in [1.54, 1.807) is 30.9 Å². The summed E-state index contributed by atoms with van der Waals surface area (Å²) in [7, 11) is 1.57. The fraction of sp³-hybridized carbons (Fsp3) is 0.550. The minimum absolute atomic E-state index is 0.0686. The maximum atomic E-state index is 12.5. The summed E-state index contributed by atoms with van der Waals surface area (Å²) in [6.07, 6.45) is 8.81. The summed E-state index contributed by atoms with van der Waals surface area (Å²) in [5, 5.41) is 3.41. The normalized spacial score (nSPS) is 18.4. The maximum absolute atomic E-state index is 12.5. The number of hydrogen-bond acceptors (Lipinski definition) is 3. The number of ether oxygens (including phenoxy) is 1. The van der Waals surface area contributed by atoms with E-state index in [2.05, 4.69) is 16.3 Å². The first kappa shape index (κ1) is 19.1. The number of carbonyl (C=O) groups excluding carboxylic acids is 1. The number of piperazine rings is 1. The van der Waals surface area contributed by atoms with E-state index in [-0.39, 0.29) is 6.03 Å². The number of rotatable bonds is 5. The molecule has 26 heavy (non-hydrogen) atoms. The smallest absolute Gasteiger partial charge is 0.321 e. The predicted molar refractivity (Wildman–Crippen MR) is 106 cm³/mol. The molecule has 0 unspecified atom stereocenters. The molecule has 1 heterocycles. The van der Waals surface area contributed by atoms with Gasteiger partial charge in [-0.3, -0.25) is 4.90 Å². The molecule has 1 aromatic carbocycles. The maximum Gasteiger partial charge on any atom is 0.321 e. The average molecular weight is 378 g/mol. The van der Waals surface area contributed by atoms with Crippen molar-refractivity contribution in [2.24, 2.45) is 0 Å². The molecular weight excluding hydrogens is 350 g/mol. The summed E-state index contributed by atoms with van der Waals surface area (Å²) in [6.45, 7) is 4.49. The summed E-state index contributed by atoms with van der Waals surface area (Å²) < 4.78 is 5.14. The van der Waals surface area contributed by atoms with Crippen molar-refractivity contribution in [3.8, 4) is 5.75 Å². The van der Waals surface area contributed by atoms with Crippen LogP contribution in [0.3, 0.4) is 0 Å². The van der Waals surface area contributed by atoms with E-state index in [4.69, 9.17) is 16.3 Å². The number of hydrogen-bond donors (Lipinski definition) is 1. The third-order valence-corrected chi connectivity index (χ3v) is 5.49. The van der Waals surface area contributed by atoms with Crippen molar-refractivity contribution in [1.29, 1.82) is 0 Å². The molecule has 5 nitrogen and oxygen atoms in total. The Morgan fingerprint density at radius 3 is 2.69 bits per heavy atom. The van der Waals surface area contributed by atoms with Crippen LogP contribution in [0.4, 0.5) is 10.5 Å². The first-order chi connectivity index (χ1) is 12.7. The number of urea groups is 1. The van der Waals surface area contributed by atoms with Crippen molar-refractivity contribution in [2.75, 3.05) is 45.2 Å². The summed E-state index contributed by atoms with van der Waals surface area (Å²) in [5.41, 5.74) is 2.31. The minimum atomic E-state index is -0.0686. The van der Waals surface area contributed by atoms with Crippen LogP contribution >= 0.6 is 11.6 Å². The second-order valence-electron chi connectivity index (χ2n) is 6.97. The number of halogens is 1. The van der Waals surface area contributed by atoms with Crippen molar-refractivity contribution < 1.29 is 9.53 Å². The van der Waals surface area contributed by atoms with Gasteiger partial charge >= 0.3 is 6.03 Å². The van der Waals surface area contributed by atoms with Crippen LogP contribution in [0.15, 0.2) is 29.8 Å². The topological polar surface area (TPSA) is 44.8 Å². The van der Waals surface area contributed by atoms with E-state index in [0.29, 0.717) is 16.5 Å². The number of methoxy groups -OCH3 is 1. The van der Waals surface area contributed by atoms with E-state index in [9.17, 15) is 4.79 Å². The second-order valence-corrected chi connectivity index (χ2v) is 7.37. The zero-order valence-corrected chi connectivity index (χ0v) is 16.2. The first-order valence-electron chi connectivity index (χ1n) is 9.45. The Hall–Kier alpha value is -1.72. The Bertz CT molecular complexity index is 654. The summed E-state index contributed by atoms with van der Waals surface area (Å²) in [4.78, 5) is 16.8. The van der Waals surface area contributed by atoms with Crippen LogP contribution in [0, 0.1) is 0 Å². The van der Waals surface area contributed by atoms with E-state index >= 15 is 0 Å². The molecule has 1 aliphatic heterocycles. The van der Waals surface area contributed by atoms with Gasteiger partial charge in [0, 0.05) is 38.4 Å². The molecule has 1 aromatic rings. The van der Waals surface area contributed by atoms with Crippen LogP contribution in [0.5, 0.6) is 5.75 Å². The lowest BCUT2D eigenvalue weighted by Crippen LogP contribution is -2.50. The highest BCUT2D eigenvalue weighted by atomic mass is 35.5. The number of amides is 2. The monoisotopic (exact) mass is 377 g/mol. The second kappa shape index (κ2) is 9.28. The molecular formula is C20H28ClN3O2. The molecule has 0 radical (unpaired) electrons. The van der Waals surface area contributed by atoms with Gasteiger partial charge in [0.05, 0.1) is 12.1 Å². The van der Waals surface area contributed by atoms with Gasteiger partial charge in [-0.15, -0.1) is 0 Å². The average Bonchev–Trinajstić information content (AvgIpc) is 2.68. The van der Waals surface area contributed by atoms with E-state index < -0.39 is 0 Å². The van der Waals surface area contributed by atoms with Gasteiger partial charge in [0.1, 0.15) is 5.75 Å². The molecule has 0 atom stereocenters. The summed E-state index contributed by atoms with van der Waals surface area (Å²) >= 11 is 6.12. The Morgan fingerprint density at radius 1 is 1.23 bits per heavy atom. The van der Waals surface area contributed by atoms with E-state index in [1.165, 1.54) is 32.1 Å². The number of carbonyl (C=O) groups is 1. The van der Waals surface area contributed by atoms with Gasteiger partial charge < -0.3 is 15.0 Å². The lowest BCUT2D eigenvalue weighted by atomic mass is 9.97. The quantitative estimate of drug-likeness (QED) is 0.774. The van der Waals surface area contributed by atoms with Crippen LogP contribution in [0.25, 0.3) is 0 Å². The van der Waals surface area contributed by atoms with Gasteiger partial charge in [0.15, 0.2) is 0 Å². The lowest BCUT2D eigenvalue weighted by Gasteiger charge is -2.35. The minimum Gasteiger partial charge on any atom is -0.495 e. The highest BCUT2D eigenvalue weighted by molar-refractivity contribution is 6.32. The van der Waals surface area contributed by atoms with Gasteiger partial charge in [-0.2, -0.15) is 0 Å². The van der Waals surface area contributed by atoms with Gasteiger partial charge in [0.2, 0.25) is 0 Å². The fourth-order valence-electron chi connectivity index (χ4n) is 3.55. The largest absolute Gasteiger partial charge is 0.495 e. The Labute approximate surface area is 160 Å². The van der Waals surface area contributed by atoms with Crippen LogP contribution in [-0.2, 0) is 0 Å².